The maximum Gasteiger partial charge on any atom is 0.256 e. The van der Waals surface area contributed by atoms with Crippen LogP contribution in [0.5, 0.6) is 0 Å². The molecule has 0 bridgehead atoms. The molecule has 10 heteroatoms. The number of aromatic nitrogens is 5. The van der Waals surface area contributed by atoms with E-state index in [1.54, 1.807) is 16.9 Å². The van der Waals surface area contributed by atoms with Crippen molar-refractivity contribution >= 4 is 28.4 Å². The molecular weight excluding hydrogens is 422 g/mol. The van der Waals surface area contributed by atoms with Crippen molar-refractivity contribution in [2.45, 2.75) is 31.5 Å². The second-order valence-electron chi connectivity index (χ2n) is 8.86. The van der Waals surface area contributed by atoms with E-state index in [-0.39, 0.29) is 18.0 Å². The Hall–Kier alpha value is -3.50. The fourth-order valence-corrected chi connectivity index (χ4v) is 4.55. The average Bonchev–Trinajstić information content (AvgIpc) is 3.21. The van der Waals surface area contributed by atoms with Crippen LogP contribution < -0.4 is 10.6 Å². The van der Waals surface area contributed by atoms with Crippen LogP contribution in [0.3, 0.4) is 0 Å². The van der Waals surface area contributed by atoms with Gasteiger partial charge in [0.1, 0.15) is 23.1 Å². The largest absolute Gasteiger partial charge is 0.388 e. The Kier molecular flexibility index (Phi) is 4.59. The highest BCUT2D eigenvalue weighted by Gasteiger charge is 2.35. The van der Waals surface area contributed by atoms with Crippen molar-refractivity contribution in [1.29, 1.82) is 0 Å². The number of aliphatic hydroxyl groups is 1. The summed E-state index contributed by atoms with van der Waals surface area (Å²) in [6.07, 6.45) is 5.65. The van der Waals surface area contributed by atoms with Gasteiger partial charge in [-0.2, -0.15) is 9.61 Å². The first-order valence-electron chi connectivity index (χ1n) is 11.1. The van der Waals surface area contributed by atoms with E-state index in [2.05, 4.69) is 27.6 Å². The summed E-state index contributed by atoms with van der Waals surface area (Å²) in [5, 5.41) is 21.9. The lowest BCUT2D eigenvalue weighted by atomic mass is 10.1. The number of hydrogen-bond donors (Lipinski definition) is 3. The summed E-state index contributed by atoms with van der Waals surface area (Å²) in [4.78, 5) is 22.3. The number of amides is 1. The number of anilines is 1. The molecule has 1 aliphatic carbocycles. The highest BCUT2D eigenvalue weighted by Crippen LogP contribution is 2.35. The minimum atomic E-state index is -0.603. The van der Waals surface area contributed by atoms with Crippen LogP contribution in [0.25, 0.3) is 27.9 Å². The van der Waals surface area contributed by atoms with Gasteiger partial charge in [0.05, 0.1) is 31.1 Å². The van der Waals surface area contributed by atoms with Crippen LogP contribution in [-0.4, -0.2) is 67.6 Å². The van der Waals surface area contributed by atoms with E-state index in [9.17, 15) is 9.90 Å². The number of carbonyl (C=O) groups is 1. The highest BCUT2D eigenvalue weighted by atomic mass is 16.5. The first kappa shape index (κ1) is 20.1. The van der Waals surface area contributed by atoms with Crippen molar-refractivity contribution in [2.24, 2.45) is 5.92 Å². The maximum atomic E-state index is 12.9. The van der Waals surface area contributed by atoms with E-state index in [0.29, 0.717) is 41.9 Å². The van der Waals surface area contributed by atoms with Crippen LogP contribution in [0.15, 0.2) is 36.8 Å². The molecule has 1 saturated carbocycles. The Labute approximate surface area is 189 Å². The van der Waals surface area contributed by atoms with Crippen LogP contribution in [-0.2, 0) is 4.74 Å². The van der Waals surface area contributed by atoms with Crippen molar-refractivity contribution in [3.63, 3.8) is 0 Å². The molecule has 2 fully saturated rings. The van der Waals surface area contributed by atoms with Gasteiger partial charge in [0, 0.05) is 42.5 Å². The predicted molar refractivity (Wildman–Crippen MR) is 122 cm³/mol. The SMILES string of the molecule is CNc1cc(-c2cn([C@H]3COC[C@@H]3O)c3ncccc23)nc2c(C(=O)N[C@@H]3C[C@@H]3C)cnn12. The van der Waals surface area contributed by atoms with Crippen molar-refractivity contribution < 1.29 is 14.6 Å². The average molecular weight is 447 g/mol. The third-order valence-corrected chi connectivity index (χ3v) is 6.64. The van der Waals surface area contributed by atoms with Crippen LogP contribution in [0, 0.1) is 5.92 Å². The number of ether oxygens (including phenoxy) is 1. The number of nitrogens with zero attached hydrogens (tertiary/aromatic N) is 5. The Morgan fingerprint density at radius 2 is 2.15 bits per heavy atom. The molecule has 1 aliphatic heterocycles. The lowest BCUT2D eigenvalue weighted by Crippen LogP contribution is -2.26. The predicted octanol–water partition coefficient (Wildman–Crippen LogP) is 1.86. The first-order chi connectivity index (χ1) is 16.0. The number of fused-ring (bicyclic) bond motifs is 2. The topological polar surface area (TPSA) is 119 Å². The zero-order valence-electron chi connectivity index (χ0n) is 18.4. The number of hydrogen-bond acceptors (Lipinski definition) is 7. The fraction of sp³-hybridized carbons (Fsp3) is 0.391. The van der Waals surface area contributed by atoms with Crippen molar-refractivity contribution in [3.8, 4) is 11.3 Å². The first-order valence-corrected chi connectivity index (χ1v) is 11.1. The van der Waals surface area contributed by atoms with Gasteiger partial charge in [0.25, 0.3) is 5.91 Å². The van der Waals surface area contributed by atoms with Gasteiger partial charge in [0.15, 0.2) is 5.65 Å². The Bertz CT molecular complexity index is 1380. The summed E-state index contributed by atoms with van der Waals surface area (Å²) in [7, 11) is 1.81. The maximum absolute atomic E-state index is 12.9. The quantitative estimate of drug-likeness (QED) is 0.427. The number of pyridine rings is 1. The normalized spacial score (nSPS) is 24.5. The summed E-state index contributed by atoms with van der Waals surface area (Å²) >= 11 is 0. The molecule has 0 spiro atoms. The smallest absolute Gasteiger partial charge is 0.256 e. The molecule has 4 aromatic rings. The number of rotatable bonds is 5. The molecule has 0 unspecified atom stereocenters. The number of aliphatic hydroxyl groups excluding tert-OH is 1. The van der Waals surface area contributed by atoms with Gasteiger partial charge < -0.3 is 25.0 Å². The second-order valence-corrected chi connectivity index (χ2v) is 8.86. The van der Waals surface area contributed by atoms with Crippen molar-refractivity contribution in [2.75, 3.05) is 25.6 Å². The molecule has 170 valence electrons. The third kappa shape index (κ3) is 3.25. The van der Waals surface area contributed by atoms with Gasteiger partial charge in [-0.3, -0.25) is 4.79 Å². The highest BCUT2D eigenvalue weighted by molar-refractivity contribution is 6.01. The van der Waals surface area contributed by atoms with E-state index in [1.165, 1.54) is 0 Å². The van der Waals surface area contributed by atoms with Gasteiger partial charge in [-0.25, -0.2) is 9.97 Å². The molecule has 1 amide bonds. The van der Waals surface area contributed by atoms with Crippen LogP contribution in [0.2, 0.25) is 0 Å². The zero-order chi connectivity index (χ0) is 22.7. The fourth-order valence-electron chi connectivity index (χ4n) is 4.55. The van der Waals surface area contributed by atoms with E-state index < -0.39 is 6.10 Å². The minimum absolute atomic E-state index is 0.165. The van der Waals surface area contributed by atoms with Crippen LogP contribution in [0.1, 0.15) is 29.7 Å². The molecule has 6 rings (SSSR count). The van der Waals surface area contributed by atoms with Gasteiger partial charge in [-0.1, -0.05) is 6.92 Å². The second kappa shape index (κ2) is 7.53. The molecule has 3 N–H and O–H groups in total. The summed E-state index contributed by atoms with van der Waals surface area (Å²) in [5.41, 5.74) is 3.22. The van der Waals surface area contributed by atoms with Gasteiger partial charge in [-0.15, -0.1) is 0 Å². The molecule has 2 aliphatic rings. The van der Waals surface area contributed by atoms with E-state index in [1.807, 2.05) is 36.0 Å². The molecule has 33 heavy (non-hydrogen) atoms. The van der Waals surface area contributed by atoms with E-state index in [4.69, 9.17) is 9.72 Å². The lowest BCUT2D eigenvalue weighted by Gasteiger charge is -2.15. The summed E-state index contributed by atoms with van der Waals surface area (Å²) < 4.78 is 9.08. The molecular formula is C23H25N7O3. The van der Waals surface area contributed by atoms with Crippen LogP contribution in [0.4, 0.5) is 5.82 Å². The Morgan fingerprint density at radius 3 is 2.88 bits per heavy atom. The Balaban J connectivity index is 1.50. The number of nitrogens with one attached hydrogen (secondary N) is 2. The molecule has 4 aromatic heterocycles. The molecule has 4 atom stereocenters. The monoisotopic (exact) mass is 447 g/mol. The van der Waals surface area contributed by atoms with Crippen molar-refractivity contribution in [1.82, 2.24) is 29.5 Å². The summed E-state index contributed by atoms with van der Waals surface area (Å²) in [6, 6.07) is 5.76. The standard InChI is InChI=1S/C23H25N7O3/c1-12-6-16(12)28-23(32)14-8-26-30-20(24-2)7-17(27-22(14)30)15-9-29(18-10-33-11-19(18)31)21-13(15)4-3-5-25-21/h3-5,7-9,12,16,18-19,24,31H,6,10-11H2,1-2H3,(H,28,32)/t12-,16+,18-,19-/m0/s1. The van der Waals surface area contributed by atoms with Crippen molar-refractivity contribution in [3.05, 3.63) is 42.4 Å². The molecule has 0 radical (unpaired) electrons. The number of carbonyl (C=O) groups excluding carboxylic acids is 1. The van der Waals surface area contributed by atoms with Gasteiger partial charge in [-0.05, 0) is 24.5 Å². The Morgan fingerprint density at radius 1 is 1.30 bits per heavy atom. The molecule has 0 aromatic carbocycles. The van der Waals surface area contributed by atoms with E-state index in [0.717, 1.165) is 23.0 Å². The van der Waals surface area contributed by atoms with Gasteiger partial charge in [0.2, 0.25) is 0 Å². The third-order valence-electron chi connectivity index (χ3n) is 6.64. The zero-order valence-corrected chi connectivity index (χ0v) is 18.4. The minimum Gasteiger partial charge on any atom is -0.388 e. The van der Waals surface area contributed by atoms with Gasteiger partial charge >= 0.3 is 0 Å². The summed E-state index contributed by atoms with van der Waals surface area (Å²) in [6.45, 7) is 2.84. The van der Waals surface area contributed by atoms with E-state index >= 15 is 0 Å². The molecule has 5 heterocycles. The summed E-state index contributed by atoms with van der Waals surface area (Å²) in [5.74, 6) is 1.05. The molecule has 1 saturated heterocycles. The lowest BCUT2D eigenvalue weighted by molar-refractivity contribution is 0.0950. The molecule has 10 nitrogen and oxygen atoms in total. The van der Waals surface area contributed by atoms with Crippen LogP contribution >= 0.6 is 0 Å².